The van der Waals surface area contributed by atoms with Crippen LogP contribution in [0.3, 0.4) is 0 Å². The maximum atomic E-state index is 8.49. The average Bonchev–Trinajstić information content (AvgIpc) is 2.89. The summed E-state index contributed by atoms with van der Waals surface area (Å²) < 4.78 is 38.6. The first kappa shape index (κ1) is 28.1. The van der Waals surface area contributed by atoms with Crippen molar-refractivity contribution in [1.29, 1.82) is 0 Å². The summed E-state index contributed by atoms with van der Waals surface area (Å²) in [5.41, 5.74) is 12.2. The van der Waals surface area contributed by atoms with Crippen molar-refractivity contribution in [3.63, 3.8) is 0 Å². The number of aryl methyl sites for hydroxylation is 4. The third-order valence-corrected chi connectivity index (χ3v) is 6.45. The topological polar surface area (TPSA) is 100 Å². The molecule has 0 bridgehead atoms. The Labute approximate surface area is 231 Å². The zero-order chi connectivity index (χ0) is 28.2. The smallest absolute Gasteiger partial charge is 0.211 e. The van der Waals surface area contributed by atoms with Gasteiger partial charge in [-0.2, -0.15) is 9.13 Å². The monoisotopic (exact) mass is 541 g/mol. The molecule has 0 N–H and O–H groups in total. The number of rotatable bonds is 4. The number of halogens is 1. The minimum Gasteiger partial charge on any atom is -0.222 e. The van der Waals surface area contributed by atoms with Gasteiger partial charge in [0.05, 0.1) is 0 Å². The van der Waals surface area contributed by atoms with Gasteiger partial charge in [0.25, 0.3) is 0 Å². The van der Waals surface area contributed by atoms with E-state index in [0.717, 1.165) is 0 Å². The number of hydrogen-bond acceptors (Lipinski definition) is 4. The molecular weight excluding hydrogens is 512 g/mol. The lowest BCUT2D eigenvalue weighted by Gasteiger charge is -2.17. The molecule has 0 unspecified atom stereocenters. The van der Waals surface area contributed by atoms with Crippen LogP contribution in [-0.4, -0.2) is 0 Å². The van der Waals surface area contributed by atoms with Crippen molar-refractivity contribution in [3.8, 4) is 33.6 Å². The van der Waals surface area contributed by atoms with E-state index in [-0.39, 0.29) is 0 Å². The molecule has 0 amide bonds. The molecule has 5 aromatic rings. The summed E-state index contributed by atoms with van der Waals surface area (Å²) in [5.74, 6) is 0. The fourth-order valence-electron chi connectivity index (χ4n) is 4.96. The quantitative estimate of drug-likeness (QED) is 0.325. The van der Waals surface area contributed by atoms with Crippen LogP contribution in [0.5, 0.6) is 0 Å². The van der Waals surface area contributed by atoms with Gasteiger partial charge in [0, 0.05) is 76.2 Å². The highest BCUT2D eigenvalue weighted by atomic mass is 35.7. The Kier molecular flexibility index (Phi) is 8.55. The van der Waals surface area contributed by atoms with E-state index in [4.69, 9.17) is 18.6 Å². The minimum absolute atomic E-state index is 1.18. The van der Waals surface area contributed by atoms with Gasteiger partial charge in [-0.05, 0) is 22.3 Å². The highest BCUT2D eigenvalue weighted by Gasteiger charge is 2.20. The van der Waals surface area contributed by atoms with E-state index in [1.807, 2.05) is 0 Å². The van der Waals surface area contributed by atoms with E-state index in [2.05, 4.69) is 146 Å². The van der Waals surface area contributed by atoms with Crippen molar-refractivity contribution in [3.05, 3.63) is 132 Å². The molecule has 7 heteroatoms. The Morgan fingerprint density at radius 3 is 0.923 bits per heavy atom. The van der Waals surface area contributed by atoms with Crippen molar-refractivity contribution in [2.75, 3.05) is 0 Å². The van der Waals surface area contributed by atoms with Gasteiger partial charge in [-0.3, -0.25) is 0 Å². The van der Waals surface area contributed by atoms with Crippen molar-refractivity contribution < 1.29 is 38.0 Å². The first-order chi connectivity index (χ1) is 18.5. The van der Waals surface area contributed by atoms with Gasteiger partial charge in [0.2, 0.25) is 11.4 Å². The maximum absolute atomic E-state index is 8.49. The lowest BCUT2D eigenvalue weighted by atomic mass is 10.0. The third kappa shape index (κ3) is 7.15. The molecule has 3 aromatic carbocycles. The van der Waals surface area contributed by atoms with Crippen LogP contribution in [-0.2, 0) is 0 Å². The molecule has 2 heterocycles. The number of benzene rings is 3. The van der Waals surface area contributed by atoms with Gasteiger partial charge in [0.15, 0.2) is 22.8 Å². The molecular formula is C32H30ClN2O4+. The Morgan fingerprint density at radius 2 is 0.667 bits per heavy atom. The van der Waals surface area contributed by atoms with Crippen LogP contribution in [0.2, 0.25) is 0 Å². The molecule has 39 heavy (non-hydrogen) atoms. The Bertz CT molecular complexity index is 1400. The van der Waals surface area contributed by atoms with Crippen LogP contribution in [0.25, 0.3) is 33.6 Å². The molecule has 0 radical (unpaired) electrons. The molecule has 2 aromatic heterocycles. The minimum atomic E-state index is -4.94. The second-order valence-electron chi connectivity index (χ2n) is 9.35. The van der Waals surface area contributed by atoms with Crippen LogP contribution in [0.1, 0.15) is 22.8 Å². The van der Waals surface area contributed by atoms with Crippen molar-refractivity contribution in [2.24, 2.45) is 0 Å². The summed E-state index contributed by atoms with van der Waals surface area (Å²) in [6, 6.07) is 39.1. The molecule has 198 valence electrons. The summed E-state index contributed by atoms with van der Waals surface area (Å²) in [7, 11) is -4.94. The molecule has 0 aliphatic carbocycles. The van der Waals surface area contributed by atoms with E-state index < -0.39 is 10.2 Å². The molecule has 5 rings (SSSR count). The lowest BCUT2D eigenvalue weighted by molar-refractivity contribution is -2.00. The van der Waals surface area contributed by atoms with Crippen molar-refractivity contribution in [2.45, 2.75) is 27.7 Å². The summed E-state index contributed by atoms with van der Waals surface area (Å²) in [6.45, 7) is 8.72. The molecule has 0 saturated carbocycles. The summed E-state index contributed by atoms with van der Waals surface area (Å²) in [5, 5.41) is 0. The van der Waals surface area contributed by atoms with E-state index in [1.165, 1.54) is 56.4 Å². The van der Waals surface area contributed by atoms with Gasteiger partial charge in [-0.15, -0.1) is 10.2 Å². The standard InChI is InChI=1S/C32H30N2.ClHO4/c1-23-19-29(27-11-7-5-8-12-27)20-24(2)33(23)31-15-17-32(18-16-31)34-25(3)21-30(22-26(34)4)28-13-9-6-10-14-28;2-1(3,4)5/h5-22H,1-4H3;(H,2,3,4,5)/q+2;/p-1. The second-order valence-corrected chi connectivity index (χ2v) is 10.1. The molecule has 6 nitrogen and oxygen atoms in total. The molecule has 0 aliphatic heterocycles. The molecule has 0 saturated heterocycles. The fraction of sp³-hybridized carbons (Fsp3) is 0.125. The summed E-state index contributed by atoms with van der Waals surface area (Å²) in [4.78, 5) is 0. The first-order valence-electron chi connectivity index (χ1n) is 12.4. The second kappa shape index (κ2) is 11.9. The van der Waals surface area contributed by atoms with E-state index in [9.17, 15) is 0 Å². The Hall–Kier alpha value is -3.91. The van der Waals surface area contributed by atoms with Gasteiger partial charge < -0.3 is 0 Å². The van der Waals surface area contributed by atoms with Gasteiger partial charge in [-0.25, -0.2) is 18.6 Å². The fourth-order valence-corrected chi connectivity index (χ4v) is 4.96. The zero-order valence-electron chi connectivity index (χ0n) is 22.3. The molecule has 0 spiro atoms. The van der Waals surface area contributed by atoms with Gasteiger partial charge >= 0.3 is 0 Å². The van der Waals surface area contributed by atoms with Crippen molar-refractivity contribution in [1.82, 2.24) is 0 Å². The Morgan fingerprint density at radius 1 is 0.410 bits per heavy atom. The van der Waals surface area contributed by atoms with E-state index >= 15 is 0 Å². The number of aromatic nitrogens is 2. The van der Waals surface area contributed by atoms with Crippen LogP contribution >= 0.6 is 0 Å². The predicted octanol–water partition coefficient (Wildman–Crippen LogP) is 2.05. The van der Waals surface area contributed by atoms with E-state index in [0.29, 0.717) is 0 Å². The van der Waals surface area contributed by atoms with Crippen LogP contribution in [0, 0.1) is 37.9 Å². The van der Waals surface area contributed by atoms with Crippen LogP contribution in [0.4, 0.5) is 0 Å². The molecule has 0 aliphatic rings. The number of nitrogens with zero attached hydrogens (tertiary/aromatic N) is 2. The Balaban J connectivity index is 0.000000648. The zero-order valence-corrected chi connectivity index (χ0v) is 23.1. The van der Waals surface area contributed by atoms with E-state index in [1.54, 1.807) is 0 Å². The summed E-state index contributed by atoms with van der Waals surface area (Å²) >= 11 is 0. The number of hydrogen-bond donors (Lipinski definition) is 0. The molecule has 0 atom stereocenters. The normalized spacial score (nSPS) is 11.1. The highest BCUT2D eigenvalue weighted by Crippen LogP contribution is 2.22. The third-order valence-electron chi connectivity index (χ3n) is 6.45. The van der Waals surface area contributed by atoms with Crippen molar-refractivity contribution >= 4 is 0 Å². The largest absolute Gasteiger partial charge is 0.222 e. The molecule has 0 fully saturated rings. The summed E-state index contributed by atoms with van der Waals surface area (Å²) in [6.07, 6.45) is 0. The predicted molar refractivity (Wildman–Crippen MR) is 139 cm³/mol. The average molecular weight is 542 g/mol. The van der Waals surface area contributed by atoms with Gasteiger partial charge in [-0.1, -0.05) is 60.7 Å². The maximum Gasteiger partial charge on any atom is 0.211 e. The van der Waals surface area contributed by atoms with Crippen LogP contribution in [0.15, 0.2) is 109 Å². The number of pyridine rings is 2. The van der Waals surface area contributed by atoms with Gasteiger partial charge in [0.1, 0.15) is 0 Å². The van der Waals surface area contributed by atoms with Crippen LogP contribution < -0.4 is 27.8 Å². The lowest BCUT2D eigenvalue weighted by Crippen LogP contribution is -2.68. The SMILES string of the molecule is Cc1cc(-c2ccccc2)cc(C)[n+]1-c1ccc(-[n+]2c(C)cc(-c3ccccc3)cc2C)cc1.[O-][Cl+3]([O-])([O-])[O-]. The first-order valence-corrected chi connectivity index (χ1v) is 13.6. The highest BCUT2D eigenvalue weighted by molar-refractivity contribution is 5.64.